The van der Waals surface area contributed by atoms with Gasteiger partial charge in [0.1, 0.15) is 6.61 Å². The summed E-state index contributed by atoms with van der Waals surface area (Å²) >= 11 is 0. The van der Waals surface area contributed by atoms with Crippen LogP contribution in [-0.4, -0.2) is 43.8 Å². The highest BCUT2D eigenvalue weighted by atomic mass is 16.6. The van der Waals surface area contributed by atoms with Gasteiger partial charge in [0.25, 0.3) is 0 Å². The van der Waals surface area contributed by atoms with Crippen LogP contribution < -0.4 is 5.32 Å². The molecular formula is C21H24N2O4. The molecular weight excluding hydrogens is 344 g/mol. The molecule has 1 N–H and O–H groups in total. The van der Waals surface area contributed by atoms with Gasteiger partial charge < -0.3 is 14.8 Å². The lowest BCUT2D eigenvalue weighted by atomic mass is 9.93. The Kier molecular flexibility index (Phi) is 5.76. The van der Waals surface area contributed by atoms with E-state index in [1.165, 1.54) is 0 Å². The zero-order valence-electron chi connectivity index (χ0n) is 15.8. The molecule has 1 heterocycles. The van der Waals surface area contributed by atoms with Crippen molar-refractivity contribution >= 4 is 22.8 Å². The van der Waals surface area contributed by atoms with Crippen molar-refractivity contribution in [2.24, 2.45) is 0 Å². The number of carbonyl (C=O) groups excluding carboxylic acids is 2. The molecule has 0 saturated heterocycles. The third-order valence-corrected chi connectivity index (χ3v) is 4.76. The minimum absolute atomic E-state index is 0.163. The third kappa shape index (κ3) is 3.80. The standard InChI is InChI=1S/C21H24N2O4/c1-4-23-14(2)18(20(24)27-12-11-26-3)19(22-21(23)25)17-10-9-15-7-5-6-8-16(15)13-17/h5-10,13,19H,4,11-12H2,1-3H3,(H,22,25)/t19-/m0/s1. The Bertz CT molecular complexity index is 891. The highest BCUT2D eigenvalue weighted by Crippen LogP contribution is 2.32. The first kappa shape index (κ1) is 18.9. The molecule has 0 saturated carbocycles. The van der Waals surface area contributed by atoms with Crippen molar-refractivity contribution in [3.63, 3.8) is 0 Å². The molecule has 3 rings (SSSR count). The number of esters is 1. The van der Waals surface area contributed by atoms with Gasteiger partial charge in [0, 0.05) is 19.4 Å². The maximum Gasteiger partial charge on any atom is 0.338 e. The van der Waals surface area contributed by atoms with E-state index in [0.29, 0.717) is 24.4 Å². The fourth-order valence-electron chi connectivity index (χ4n) is 3.36. The van der Waals surface area contributed by atoms with E-state index in [-0.39, 0.29) is 12.6 Å². The lowest BCUT2D eigenvalue weighted by Crippen LogP contribution is -2.47. The second-order valence-electron chi connectivity index (χ2n) is 6.36. The monoisotopic (exact) mass is 368 g/mol. The Balaban J connectivity index is 2.02. The van der Waals surface area contributed by atoms with Crippen molar-refractivity contribution in [1.29, 1.82) is 0 Å². The number of carbonyl (C=O) groups is 2. The highest BCUT2D eigenvalue weighted by molar-refractivity contribution is 5.95. The summed E-state index contributed by atoms with van der Waals surface area (Å²) < 4.78 is 10.3. The van der Waals surface area contributed by atoms with Gasteiger partial charge in [-0.1, -0.05) is 36.4 Å². The van der Waals surface area contributed by atoms with E-state index in [0.717, 1.165) is 16.3 Å². The zero-order valence-corrected chi connectivity index (χ0v) is 15.8. The molecule has 1 atom stereocenters. The normalized spacial score (nSPS) is 17.2. The first-order valence-corrected chi connectivity index (χ1v) is 9.00. The number of methoxy groups -OCH3 is 1. The number of nitrogens with one attached hydrogen (secondary N) is 1. The number of allylic oxidation sites excluding steroid dienone is 1. The van der Waals surface area contributed by atoms with E-state index in [2.05, 4.69) is 5.32 Å². The number of hydrogen-bond acceptors (Lipinski definition) is 4. The number of ether oxygens (including phenoxy) is 2. The molecule has 0 radical (unpaired) electrons. The molecule has 6 heteroatoms. The highest BCUT2D eigenvalue weighted by Gasteiger charge is 2.35. The molecule has 1 aliphatic heterocycles. The van der Waals surface area contributed by atoms with Crippen molar-refractivity contribution in [1.82, 2.24) is 10.2 Å². The second-order valence-corrected chi connectivity index (χ2v) is 6.36. The van der Waals surface area contributed by atoms with Crippen LogP contribution in [0.5, 0.6) is 0 Å². The summed E-state index contributed by atoms with van der Waals surface area (Å²) in [5.41, 5.74) is 1.90. The third-order valence-electron chi connectivity index (χ3n) is 4.76. The van der Waals surface area contributed by atoms with Crippen molar-refractivity contribution in [2.75, 3.05) is 26.9 Å². The van der Waals surface area contributed by atoms with Crippen LogP contribution in [0.2, 0.25) is 0 Å². The Morgan fingerprint density at radius 1 is 1.15 bits per heavy atom. The average Bonchev–Trinajstić information content (AvgIpc) is 2.67. The molecule has 1 aliphatic rings. The number of fused-ring (bicyclic) bond motifs is 1. The molecule has 2 aromatic rings. The van der Waals surface area contributed by atoms with Crippen molar-refractivity contribution in [3.8, 4) is 0 Å². The molecule has 0 aromatic heterocycles. The largest absolute Gasteiger partial charge is 0.460 e. The first-order chi connectivity index (χ1) is 13.1. The summed E-state index contributed by atoms with van der Waals surface area (Å²) in [7, 11) is 1.55. The second kappa shape index (κ2) is 8.22. The predicted molar refractivity (Wildman–Crippen MR) is 103 cm³/mol. The van der Waals surface area contributed by atoms with Gasteiger partial charge in [-0.3, -0.25) is 4.90 Å². The number of amides is 2. The van der Waals surface area contributed by atoms with Gasteiger partial charge in [-0.2, -0.15) is 0 Å². The van der Waals surface area contributed by atoms with Gasteiger partial charge in [0.05, 0.1) is 18.2 Å². The Hall–Kier alpha value is -2.86. The molecule has 0 spiro atoms. The van der Waals surface area contributed by atoms with Crippen LogP contribution in [0, 0.1) is 0 Å². The average molecular weight is 368 g/mol. The number of hydrogen-bond donors (Lipinski definition) is 1. The van der Waals surface area contributed by atoms with Gasteiger partial charge in [-0.05, 0) is 36.2 Å². The van der Waals surface area contributed by atoms with E-state index in [1.807, 2.05) is 49.4 Å². The summed E-state index contributed by atoms with van der Waals surface area (Å²) in [6, 6.07) is 13.1. The van der Waals surface area contributed by atoms with Gasteiger partial charge in [0.15, 0.2) is 0 Å². The number of urea groups is 1. The van der Waals surface area contributed by atoms with Gasteiger partial charge in [-0.15, -0.1) is 0 Å². The lowest BCUT2D eigenvalue weighted by molar-refractivity contribution is -0.140. The summed E-state index contributed by atoms with van der Waals surface area (Å²) in [5.74, 6) is -0.443. The van der Waals surface area contributed by atoms with Crippen LogP contribution in [0.25, 0.3) is 10.8 Å². The Labute approximate surface area is 158 Å². The van der Waals surface area contributed by atoms with Gasteiger partial charge in [0.2, 0.25) is 0 Å². The van der Waals surface area contributed by atoms with Crippen molar-refractivity contribution in [2.45, 2.75) is 19.9 Å². The Morgan fingerprint density at radius 3 is 2.59 bits per heavy atom. The molecule has 2 amide bonds. The fraction of sp³-hybridized carbons (Fsp3) is 0.333. The van der Waals surface area contributed by atoms with Crippen LogP contribution in [-0.2, 0) is 14.3 Å². The molecule has 27 heavy (non-hydrogen) atoms. The van der Waals surface area contributed by atoms with E-state index in [1.54, 1.807) is 18.9 Å². The molecule has 142 valence electrons. The van der Waals surface area contributed by atoms with E-state index in [4.69, 9.17) is 9.47 Å². The van der Waals surface area contributed by atoms with Crippen LogP contribution in [0.4, 0.5) is 4.79 Å². The minimum Gasteiger partial charge on any atom is -0.460 e. The van der Waals surface area contributed by atoms with E-state index >= 15 is 0 Å². The fourth-order valence-corrected chi connectivity index (χ4v) is 3.36. The van der Waals surface area contributed by atoms with Crippen molar-refractivity contribution < 1.29 is 19.1 Å². The van der Waals surface area contributed by atoms with Crippen LogP contribution in [0.3, 0.4) is 0 Å². The molecule has 0 aliphatic carbocycles. The van der Waals surface area contributed by atoms with Gasteiger partial charge in [-0.25, -0.2) is 9.59 Å². The smallest absolute Gasteiger partial charge is 0.338 e. The molecule has 0 fully saturated rings. The van der Waals surface area contributed by atoms with Crippen LogP contribution in [0.15, 0.2) is 53.7 Å². The summed E-state index contributed by atoms with van der Waals surface area (Å²) in [6.45, 7) is 4.60. The summed E-state index contributed by atoms with van der Waals surface area (Å²) in [5, 5.41) is 5.10. The SMILES string of the molecule is CCN1C(=O)N[C@@H](c2ccc3ccccc3c2)C(C(=O)OCCOC)=C1C. The number of rotatable bonds is 6. The molecule has 0 unspecified atom stereocenters. The summed E-state index contributed by atoms with van der Waals surface area (Å²) in [4.78, 5) is 26.9. The van der Waals surface area contributed by atoms with Gasteiger partial charge >= 0.3 is 12.0 Å². The first-order valence-electron chi connectivity index (χ1n) is 9.00. The molecule has 6 nitrogen and oxygen atoms in total. The molecule has 2 aromatic carbocycles. The molecule has 0 bridgehead atoms. The zero-order chi connectivity index (χ0) is 19.4. The maximum absolute atomic E-state index is 12.8. The van der Waals surface area contributed by atoms with Crippen molar-refractivity contribution in [3.05, 3.63) is 59.3 Å². The van der Waals surface area contributed by atoms with Crippen LogP contribution in [0.1, 0.15) is 25.5 Å². The number of benzene rings is 2. The van der Waals surface area contributed by atoms with Crippen LogP contribution >= 0.6 is 0 Å². The Morgan fingerprint density at radius 2 is 1.89 bits per heavy atom. The van der Waals surface area contributed by atoms with E-state index < -0.39 is 12.0 Å². The predicted octanol–water partition coefficient (Wildman–Crippen LogP) is 3.39. The topological polar surface area (TPSA) is 67.9 Å². The maximum atomic E-state index is 12.8. The lowest BCUT2D eigenvalue weighted by Gasteiger charge is -2.35. The number of nitrogens with zero attached hydrogens (tertiary/aromatic N) is 1. The van der Waals surface area contributed by atoms with E-state index in [9.17, 15) is 9.59 Å². The summed E-state index contributed by atoms with van der Waals surface area (Å²) in [6.07, 6.45) is 0. The minimum atomic E-state index is -0.556. The quantitative estimate of drug-likeness (QED) is 0.627.